The van der Waals surface area contributed by atoms with Crippen molar-refractivity contribution in [1.29, 1.82) is 0 Å². The predicted molar refractivity (Wildman–Crippen MR) is 116 cm³/mol. The molecule has 0 bridgehead atoms. The maximum absolute atomic E-state index is 12.5. The Morgan fingerprint density at radius 3 is 2.27 bits per heavy atom. The predicted octanol–water partition coefficient (Wildman–Crippen LogP) is 4.35. The molecule has 6 heteroatoms. The highest BCUT2D eigenvalue weighted by Crippen LogP contribution is 2.19. The molecule has 0 aliphatic rings. The van der Waals surface area contributed by atoms with E-state index >= 15 is 0 Å². The largest absolute Gasteiger partial charge is 0.427 e. The van der Waals surface area contributed by atoms with Crippen LogP contribution in [0.5, 0.6) is 5.75 Å². The van der Waals surface area contributed by atoms with Crippen molar-refractivity contribution >= 4 is 29.2 Å². The Hall–Kier alpha value is -3.93. The van der Waals surface area contributed by atoms with Crippen molar-refractivity contribution in [2.75, 3.05) is 10.6 Å². The topological polar surface area (TPSA) is 84.5 Å². The van der Waals surface area contributed by atoms with Gasteiger partial charge in [0.15, 0.2) is 0 Å². The molecule has 3 aromatic carbocycles. The van der Waals surface area contributed by atoms with Crippen LogP contribution in [0.25, 0.3) is 0 Å². The highest BCUT2D eigenvalue weighted by Gasteiger charge is 2.10. The second-order valence-electron chi connectivity index (χ2n) is 6.81. The molecular formula is C24H22N2O4. The van der Waals surface area contributed by atoms with Gasteiger partial charge in [-0.25, -0.2) is 0 Å². The van der Waals surface area contributed by atoms with Gasteiger partial charge in [-0.15, -0.1) is 0 Å². The zero-order valence-electron chi connectivity index (χ0n) is 16.8. The van der Waals surface area contributed by atoms with Gasteiger partial charge >= 0.3 is 5.97 Å². The Balaban J connectivity index is 1.65. The minimum absolute atomic E-state index is 0.137. The summed E-state index contributed by atoms with van der Waals surface area (Å²) in [6.45, 7) is 3.26. The summed E-state index contributed by atoms with van der Waals surface area (Å²) in [5.41, 5.74) is 3.49. The number of aryl methyl sites for hydroxylation is 1. The average Bonchev–Trinajstić information content (AvgIpc) is 2.69. The number of benzene rings is 3. The molecule has 0 fully saturated rings. The number of esters is 1. The summed E-state index contributed by atoms with van der Waals surface area (Å²) in [5.74, 6) is -0.650. The summed E-state index contributed by atoms with van der Waals surface area (Å²) in [5, 5.41) is 5.63. The number of hydrogen-bond donors (Lipinski definition) is 2. The molecule has 0 heterocycles. The Morgan fingerprint density at radius 1 is 0.833 bits per heavy atom. The van der Waals surface area contributed by atoms with Gasteiger partial charge in [0, 0.05) is 23.9 Å². The van der Waals surface area contributed by atoms with Gasteiger partial charge in [-0.05, 0) is 54.4 Å². The number of carbonyl (C=O) groups is 3. The van der Waals surface area contributed by atoms with Crippen molar-refractivity contribution in [3.63, 3.8) is 0 Å². The van der Waals surface area contributed by atoms with Gasteiger partial charge in [-0.1, -0.05) is 36.4 Å². The quantitative estimate of drug-likeness (QED) is 0.474. The molecule has 3 aromatic rings. The van der Waals surface area contributed by atoms with Crippen LogP contribution in [0.4, 0.5) is 11.4 Å². The van der Waals surface area contributed by atoms with Crippen molar-refractivity contribution in [2.45, 2.75) is 20.3 Å². The van der Waals surface area contributed by atoms with E-state index in [0.29, 0.717) is 22.7 Å². The molecule has 3 rings (SSSR count). The van der Waals surface area contributed by atoms with E-state index in [1.54, 1.807) is 42.5 Å². The summed E-state index contributed by atoms with van der Waals surface area (Å²) in [4.78, 5) is 36.0. The number of anilines is 2. The molecule has 0 aromatic heterocycles. The van der Waals surface area contributed by atoms with E-state index < -0.39 is 5.97 Å². The zero-order chi connectivity index (χ0) is 21.5. The van der Waals surface area contributed by atoms with Gasteiger partial charge in [0.2, 0.25) is 5.91 Å². The van der Waals surface area contributed by atoms with Crippen LogP contribution < -0.4 is 15.4 Å². The van der Waals surface area contributed by atoms with Crippen LogP contribution in [-0.4, -0.2) is 17.8 Å². The molecule has 0 atom stereocenters. The van der Waals surface area contributed by atoms with Gasteiger partial charge in [0.05, 0.1) is 6.42 Å². The molecule has 0 aliphatic carbocycles. The number of ether oxygens (including phenoxy) is 1. The van der Waals surface area contributed by atoms with Gasteiger partial charge in [0.1, 0.15) is 5.75 Å². The van der Waals surface area contributed by atoms with Gasteiger partial charge in [0.25, 0.3) is 5.91 Å². The van der Waals surface area contributed by atoms with E-state index in [2.05, 4.69) is 10.6 Å². The van der Waals surface area contributed by atoms with Crippen LogP contribution in [0.3, 0.4) is 0 Å². The van der Waals surface area contributed by atoms with Crippen LogP contribution in [-0.2, 0) is 16.0 Å². The molecule has 0 saturated heterocycles. The fourth-order valence-corrected chi connectivity index (χ4v) is 2.93. The van der Waals surface area contributed by atoms with E-state index in [-0.39, 0.29) is 18.2 Å². The molecule has 6 nitrogen and oxygen atoms in total. The summed E-state index contributed by atoms with van der Waals surface area (Å²) in [6, 6.07) is 21.0. The van der Waals surface area contributed by atoms with Crippen LogP contribution in [0.15, 0.2) is 72.8 Å². The smallest absolute Gasteiger partial charge is 0.308 e. The first-order valence-corrected chi connectivity index (χ1v) is 9.45. The summed E-state index contributed by atoms with van der Waals surface area (Å²) >= 11 is 0. The maximum atomic E-state index is 12.5. The lowest BCUT2D eigenvalue weighted by Crippen LogP contribution is -2.16. The monoisotopic (exact) mass is 402 g/mol. The molecular weight excluding hydrogens is 380 g/mol. The van der Waals surface area contributed by atoms with Gasteiger partial charge in [-0.3, -0.25) is 14.4 Å². The second-order valence-corrected chi connectivity index (χ2v) is 6.81. The Labute approximate surface area is 174 Å². The lowest BCUT2D eigenvalue weighted by molar-refractivity contribution is -0.131. The highest BCUT2D eigenvalue weighted by atomic mass is 16.5. The summed E-state index contributed by atoms with van der Waals surface area (Å²) in [6.07, 6.45) is 0.270. The molecule has 30 heavy (non-hydrogen) atoms. The molecule has 0 saturated carbocycles. The Kier molecular flexibility index (Phi) is 6.60. The van der Waals surface area contributed by atoms with E-state index in [4.69, 9.17) is 4.74 Å². The van der Waals surface area contributed by atoms with Crippen molar-refractivity contribution in [2.24, 2.45) is 0 Å². The van der Waals surface area contributed by atoms with Crippen molar-refractivity contribution in [3.8, 4) is 5.75 Å². The number of rotatable bonds is 6. The zero-order valence-corrected chi connectivity index (χ0v) is 16.8. The van der Waals surface area contributed by atoms with Crippen molar-refractivity contribution < 1.29 is 19.1 Å². The van der Waals surface area contributed by atoms with E-state index in [1.807, 2.05) is 31.2 Å². The van der Waals surface area contributed by atoms with Gasteiger partial charge in [-0.2, -0.15) is 0 Å². The van der Waals surface area contributed by atoms with Crippen LogP contribution >= 0.6 is 0 Å². The van der Waals surface area contributed by atoms with Gasteiger partial charge < -0.3 is 15.4 Å². The molecule has 2 amide bonds. The fourth-order valence-electron chi connectivity index (χ4n) is 2.93. The fraction of sp³-hybridized carbons (Fsp3) is 0.125. The average molecular weight is 402 g/mol. The van der Waals surface area contributed by atoms with Crippen LogP contribution in [0, 0.1) is 6.92 Å². The molecule has 0 aliphatic heterocycles. The lowest BCUT2D eigenvalue weighted by atomic mass is 10.1. The molecule has 0 spiro atoms. The first-order chi connectivity index (χ1) is 14.4. The third kappa shape index (κ3) is 5.78. The number of amides is 2. The minimum Gasteiger partial charge on any atom is -0.427 e. The van der Waals surface area contributed by atoms with E-state index in [0.717, 1.165) is 11.1 Å². The molecule has 0 radical (unpaired) electrons. The van der Waals surface area contributed by atoms with E-state index in [9.17, 15) is 14.4 Å². The third-order valence-corrected chi connectivity index (χ3v) is 4.37. The lowest BCUT2D eigenvalue weighted by Gasteiger charge is -2.10. The van der Waals surface area contributed by atoms with E-state index in [1.165, 1.54) is 13.0 Å². The molecule has 152 valence electrons. The number of nitrogens with one attached hydrogen (secondary N) is 2. The minimum atomic E-state index is -0.457. The number of hydrogen-bond acceptors (Lipinski definition) is 4. The maximum Gasteiger partial charge on any atom is 0.308 e. The molecule has 2 N–H and O–H groups in total. The first-order valence-electron chi connectivity index (χ1n) is 9.45. The van der Waals surface area contributed by atoms with Crippen LogP contribution in [0.1, 0.15) is 28.4 Å². The summed E-state index contributed by atoms with van der Waals surface area (Å²) in [7, 11) is 0. The normalized spacial score (nSPS) is 10.2. The number of carbonyl (C=O) groups excluding carboxylic acids is 3. The first kappa shape index (κ1) is 20.8. The van der Waals surface area contributed by atoms with Crippen molar-refractivity contribution in [1.82, 2.24) is 0 Å². The second kappa shape index (κ2) is 9.52. The highest BCUT2D eigenvalue weighted by molar-refractivity contribution is 6.05. The SMILES string of the molecule is CC(=O)Oc1cccc(C(=O)Nc2cccc(NC(=O)Cc3ccccc3C)c2)c1. The van der Waals surface area contributed by atoms with Crippen LogP contribution in [0.2, 0.25) is 0 Å². The summed E-state index contributed by atoms with van der Waals surface area (Å²) < 4.78 is 5.01. The Bertz CT molecular complexity index is 1090. The Morgan fingerprint density at radius 2 is 1.53 bits per heavy atom. The standard InChI is InChI=1S/C24H22N2O4/c1-16-7-3-4-8-18(16)14-23(28)25-20-10-6-11-21(15-20)26-24(29)19-9-5-12-22(13-19)30-17(2)27/h3-13,15H,14H2,1-2H3,(H,25,28)(H,26,29). The third-order valence-electron chi connectivity index (χ3n) is 4.37. The van der Waals surface area contributed by atoms with Crippen molar-refractivity contribution in [3.05, 3.63) is 89.5 Å². The molecule has 0 unspecified atom stereocenters.